The Labute approximate surface area is 104 Å². The Balaban J connectivity index is 4.30. The standard InChI is InChI=1S/C12H22O4Si/c1-6-12(17(3,4)5)16-11(14)9-8-10(13)15-7-2/h8-9,12H,6-7H2,1-5H3. The van der Waals surface area contributed by atoms with Crippen molar-refractivity contribution in [2.75, 3.05) is 6.61 Å². The lowest BCUT2D eigenvalue weighted by Gasteiger charge is -2.26. The Morgan fingerprint density at radius 1 is 1.12 bits per heavy atom. The maximum Gasteiger partial charge on any atom is 0.330 e. The van der Waals surface area contributed by atoms with Crippen LogP contribution in [-0.4, -0.2) is 32.3 Å². The van der Waals surface area contributed by atoms with E-state index in [1.54, 1.807) is 6.92 Å². The third-order valence-electron chi connectivity index (χ3n) is 2.24. The zero-order valence-electron chi connectivity index (χ0n) is 11.3. The summed E-state index contributed by atoms with van der Waals surface area (Å²) in [5.74, 6) is -1.00. The first-order valence-electron chi connectivity index (χ1n) is 5.86. The van der Waals surface area contributed by atoms with Crippen LogP contribution in [0, 0.1) is 0 Å². The third kappa shape index (κ3) is 6.94. The van der Waals surface area contributed by atoms with Gasteiger partial charge in [-0.2, -0.15) is 0 Å². The molecule has 0 aliphatic heterocycles. The average Bonchev–Trinajstić information content (AvgIpc) is 2.21. The molecule has 0 aromatic rings. The van der Waals surface area contributed by atoms with Gasteiger partial charge < -0.3 is 9.47 Å². The second kappa shape index (κ2) is 7.27. The molecule has 4 nitrogen and oxygen atoms in total. The molecular formula is C12H22O4Si. The van der Waals surface area contributed by atoms with Crippen LogP contribution in [0.1, 0.15) is 20.3 Å². The Bertz CT molecular complexity index is 291. The van der Waals surface area contributed by atoms with Crippen LogP contribution in [0.5, 0.6) is 0 Å². The molecule has 0 radical (unpaired) electrons. The van der Waals surface area contributed by atoms with Gasteiger partial charge in [-0.15, -0.1) is 0 Å². The van der Waals surface area contributed by atoms with Crippen LogP contribution in [0.2, 0.25) is 19.6 Å². The molecule has 5 heteroatoms. The van der Waals surface area contributed by atoms with Crippen molar-refractivity contribution in [2.45, 2.75) is 45.6 Å². The zero-order chi connectivity index (χ0) is 13.5. The van der Waals surface area contributed by atoms with Crippen LogP contribution >= 0.6 is 0 Å². The fraction of sp³-hybridized carbons (Fsp3) is 0.667. The van der Waals surface area contributed by atoms with Gasteiger partial charge in [-0.1, -0.05) is 26.6 Å². The number of rotatable bonds is 6. The van der Waals surface area contributed by atoms with E-state index in [1.807, 2.05) is 6.92 Å². The van der Waals surface area contributed by atoms with Gasteiger partial charge in [0.15, 0.2) is 0 Å². The lowest BCUT2D eigenvalue weighted by molar-refractivity contribution is -0.141. The van der Waals surface area contributed by atoms with E-state index in [2.05, 4.69) is 24.4 Å². The van der Waals surface area contributed by atoms with Crippen molar-refractivity contribution >= 4 is 20.0 Å². The van der Waals surface area contributed by atoms with Crippen LogP contribution < -0.4 is 0 Å². The van der Waals surface area contributed by atoms with Gasteiger partial charge in [0.1, 0.15) is 0 Å². The third-order valence-corrected chi connectivity index (χ3v) is 4.70. The maximum atomic E-state index is 11.5. The number of carbonyl (C=O) groups is 2. The summed E-state index contributed by atoms with van der Waals surface area (Å²) >= 11 is 0. The fourth-order valence-electron chi connectivity index (χ4n) is 1.38. The summed E-state index contributed by atoms with van der Waals surface area (Å²) in [5, 5.41) is 0. The second-order valence-electron chi connectivity index (χ2n) is 4.79. The second-order valence-corrected chi connectivity index (χ2v) is 10.2. The van der Waals surface area contributed by atoms with E-state index in [0.717, 1.165) is 18.6 Å². The Morgan fingerprint density at radius 3 is 2.06 bits per heavy atom. The first kappa shape index (κ1) is 15.9. The van der Waals surface area contributed by atoms with Crippen molar-refractivity contribution in [3.8, 4) is 0 Å². The lowest BCUT2D eigenvalue weighted by Crippen LogP contribution is -2.41. The molecule has 0 saturated heterocycles. The molecule has 0 aromatic heterocycles. The molecule has 17 heavy (non-hydrogen) atoms. The summed E-state index contributed by atoms with van der Waals surface area (Å²) in [6, 6.07) is 0. The first-order valence-corrected chi connectivity index (χ1v) is 9.44. The number of ether oxygens (including phenoxy) is 2. The van der Waals surface area contributed by atoms with Crippen LogP contribution in [0.25, 0.3) is 0 Å². The molecular weight excluding hydrogens is 236 g/mol. The smallest absolute Gasteiger partial charge is 0.330 e. The number of esters is 2. The number of hydrogen-bond acceptors (Lipinski definition) is 4. The molecule has 0 aliphatic carbocycles. The maximum absolute atomic E-state index is 11.5. The minimum absolute atomic E-state index is 0.0261. The molecule has 0 amide bonds. The molecule has 0 spiro atoms. The molecule has 0 fully saturated rings. The van der Waals surface area contributed by atoms with Crippen molar-refractivity contribution in [2.24, 2.45) is 0 Å². The topological polar surface area (TPSA) is 52.6 Å². The molecule has 0 saturated carbocycles. The normalized spacial score (nSPS) is 13.5. The van der Waals surface area contributed by atoms with Gasteiger partial charge in [0.2, 0.25) is 0 Å². The summed E-state index contributed by atoms with van der Waals surface area (Å²) in [6.45, 7) is 10.4. The Kier molecular flexibility index (Phi) is 6.80. The van der Waals surface area contributed by atoms with Crippen LogP contribution in [0.4, 0.5) is 0 Å². The number of hydrogen-bond donors (Lipinski definition) is 0. The molecule has 98 valence electrons. The summed E-state index contributed by atoms with van der Waals surface area (Å²) in [5.41, 5.74) is -0.0261. The van der Waals surface area contributed by atoms with E-state index in [0.29, 0.717) is 6.61 Å². The van der Waals surface area contributed by atoms with Crippen molar-refractivity contribution in [1.82, 2.24) is 0 Å². The van der Waals surface area contributed by atoms with Crippen molar-refractivity contribution in [3.63, 3.8) is 0 Å². The summed E-state index contributed by atoms with van der Waals surface area (Å²) in [4.78, 5) is 22.5. The quantitative estimate of drug-likeness (QED) is 0.417. The van der Waals surface area contributed by atoms with Gasteiger partial charge in [-0.25, -0.2) is 9.59 Å². The van der Waals surface area contributed by atoms with Gasteiger partial charge in [0, 0.05) is 12.2 Å². The molecule has 0 aliphatic rings. The van der Waals surface area contributed by atoms with E-state index in [9.17, 15) is 9.59 Å². The first-order chi connectivity index (χ1) is 7.81. The molecule has 1 atom stereocenters. The van der Waals surface area contributed by atoms with Crippen LogP contribution in [0.3, 0.4) is 0 Å². The zero-order valence-corrected chi connectivity index (χ0v) is 12.3. The Hall–Kier alpha value is -1.10. The Morgan fingerprint density at radius 2 is 1.65 bits per heavy atom. The highest BCUT2D eigenvalue weighted by molar-refractivity contribution is 6.77. The summed E-state index contributed by atoms with van der Waals surface area (Å²) in [7, 11) is -1.51. The van der Waals surface area contributed by atoms with Crippen molar-refractivity contribution < 1.29 is 19.1 Å². The summed E-state index contributed by atoms with van der Waals surface area (Å²) < 4.78 is 9.99. The van der Waals surface area contributed by atoms with Crippen LogP contribution in [-0.2, 0) is 19.1 Å². The number of carbonyl (C=O) groups excluding carboxylic acids is 2. The van der Waals surface area contributed by atoms with E-state index < -0.39 is 20.0 Å². The fourth-order valence-corrected chi connectivity index (χ4v) is 3.07. The minimum atomic E-state index is -1.51. The molecule has 0 bridgehead atoms. The van der Waals surface area contributed by atoms with Crippen molar-refractivity contribution in [1.29, 1.82) is 0 Å². The lowest BCUT2D eigenvalue weighted by atomic mass is 10.5. The predicted molar refractivity (Wildman–Crippen MR) is 69.3 cm³/mol. The van der Waals surface area contributed by atoms with Gasteiger partial charge in [0.05, 0.1) is 20.4 Å². The highest BCUT2D eigenvalue weighted by atomic mass is 28.3. The largest absolute Gasteiger partial charge is 0.463 e. The van der Waals surface area contributed by atoms with E-state index in [4.69, 9.17) is 4.74 Å². The van der Waals surface area contributed by atoms with Crippen molar-refractivity contribution in [3.05, 3.63) is 12.2 Å². The molecule has 0 heterocycles. The average molecular weight is 258 g/mol. The molecule has 0 aromatic carbocycles. The van der Waals surface area contributed by atoms with Gasteiger partial charge >= 0.3 is 11.9 Å². The van der Waals surface area contributed by atoms with Crippen LogP contribution in [0.15, 0.2) is 12.2 Å². The molecule has 0 N–H and O–H groups in total. The SMILES string of the molecule is CCOC(=O)C=CC(=O)OC(CC)[Si](C)(C)C. The monoisotopic (exact) mass is 258 g/mol. The van der Waals surface area contributed by atoms with E-state index in [1.165, 1.54) is 0 Å². The van der Waals surface area contributed by atoms with Gasteiger partial charge in [-0.05, 0) is 13.3 Å². The van der Waals surface area contributed by atoms with E-state index in [-0.39, 0.29) is 5.73 Å². The predicted octanol–water partition coefficient (Wildman–Crippen LogP) is 2.30. The minimum Gasteiger partial charge on any atom is -0.463 e. The van der Waals surface area contributed by atoms with E-state index >= 15 is 0 Å². The van der Waals surface area contributed by atoms with Gasteiger partial charge in [-0.3, -0.25) is 0 Å². The highest BCUT2D eigenvalue weighted by Gasteiger charge is 2.28. The highest BCUT2D eigenvalue weighted by Crippen LogP contribution is 2.15. The molecule has 1 unspecified atom stereocenters. The summed E-state index contributed by atoms with van der Waals surface area (Å²) in [6.07, 6.45) is 3.03. The van der Waals surface area contributed by atoms with Gasteiger partial charge in [0.25, 0.3) is 0 Å². The molecule has 0 rings (SSSR count).